The van der Waals surface area contributed by atoms with Gasteiger partial charge in [-0.2, -0.15) is 0 Å². The Balaban J connectivity index is 0. The van der Waals surface area contributed by atoms with Crippen LogP contribution in [-0.2, 0) is 14.3 Å². The molecule has 2 rings (SSSR count). The van der Waals surface area contributed by atoms with Crippen LogP contribution < -0.4 is 10.6 Å². The lowest BCUT2D eigenvalue weighted by atomic mass is 10.2. The maximum absolute atomic E-state index is 10.4. The minimum atomic E-state index is -1.07. The van der Waals surface area contributed by atoms with Gasteiger partial charge in [-0.3, -0.25) is 0 Å². The van der Waals surface area contributed by atoms with Crippen molar-refractivity contribution in [2.24, 2.45) is 0 Å². The molecule has 2 aliphatic heterocycles. The highest BCUT2D eigenvalue weighted by atomic mass is 16.6. The van der Waals surface area contributed by atoms with Crippen molar-refractivity contribution in [1.29, 1.82) is 0 Å². The molecule has 0 spiro atoms. The molecule has 8 heteroatoms. The zero-order chi connectivity index (χ0) is 13.9. The van der Waals surface area contributed by atoms with Crippen molar-refractivity contribution in [1.82, 2.24) is 10.6 Å². The highest BCUT2D eigenvalue weighted by Gasteiger charge is 2.35. The van der Waals surface area contributed by atoms with Crippen LogP contribution in [-0.4, -0.2) is 47.6 Å². The van der Waals surface area contributed by atoms with E-state index in [0.29, 0.717) is 0 Å². The monoisotopic (exact) mass is 292 g/mol. The fourth-order valence-corrected chi connectivity index (χ4v) is 1.39. The van der Waals surface area contributed by atoms with E-state index in [1.54, 1.807) is 0 Å². The number of carbonyl (C=O) groups excluding carboxylic acids is 2. The summed E-state index contributed by atoms with van der Waals surface area (Å²) >= 11 is 0. The third-order valence-corrected chi connectivity index (χ3v) is 2.64. The van der Waals surface area contributed by atoms with Crippen LogP contribution in [0.1, 0.15) is 35.6 Å². The summed E-state index contributed by atoms with van der Waals surface area (Å²) in [5.74, 6) is -1.07. The van der Waals surface area contributed by atoms with E-state index in [-0.39, 0.29) is 33.1 Å². The minimum absolute atomic E-state index is 0. The van der Waals surface area contributed by atoms with Crippen LogP contribution in [0.25, 0.3) is 0 Å². The van der Waals surface area contributed by atoms with E-state index in [2.05, 4.69) is 15.4 Å². The van der Waals surface area contributed by atoms with Crippen molar-refractivity contribution in [3.8, 4) is 0 Å². The predicted molar refractivity (Wildman–Crippen MR) is 72.5 cm³/mol. The summed E-state index contributed by atoms with van der Waals surface area (Å²) in [7, 11) is 0. The second-order valence-electron chi connectivity index (χ2n) is 4.11. The van der Waals surface area contributed by atoms with E-state index in [0.717, 1.165) is 0 Å². The van der Waals surface area contributed by atoms with Crippen LogP contribution in [0.3, 0.4) is 0 Å². The average Bonchev–Trinajstić information content (AvgIpc) is 2.71. The molecule has 20 heavy (non-hydrogen) atoms. The molecule has 0 aliphatic carbocycles. The fraction of sp³-hybridized carbons (Fsp3) is 0.750. The van der Waals surface area contributed by atoms with Gasteiger partial charge in [0.15, 0.2) is 6.04 Å². The van der Waals surface area contributed by atoms with Crippen molar-refractivity contribution in [3.63, 3.8) is 0 Å². The Morgan fingerprint density at radius 1 is 1.00 bits per heavy atom. The first kappa shape index (κ1) is 20.3. The maximum atomic E-state index is 10.4. The molecule has 2 amide bonds. The molecule has 0 saturated carbocycles. The Kier molecular flexibility index (Phi) is 8.37. The Morgan fingerprint density at radius 2 is 1.45 bits per heavy atom. The van der Waals surface area contributed by atoms with Crippen molar-refractivity contribution in [2.75, 3.05) is 0 Å². The summed E-state index contributed by atoms with van der Waals surface area (Å²) in [5, 5.41) is 13.2. The molecule has 3 N–H and O–H groups in total. The largest absolute Gasteiger partial charge is 0.480 e. The lowest BCUT2D eigenvalue weighted by Crippen LogP contribution is -2.37. The van der Waals surface area contributed by atoms with Gasteiger partial charge in [0.2, 0.25) is 0 Å². The summed E-state index contributed by atoms with van der Waals surface area (Å²) in [5.41, 5.74) is 0. The number of hydrogen-bond donors (Lipinski definition) is 3. The molecule has 4 atom stereocenters. The average molecular weight is 292 g/mol. The quantitative estimate of drug-likeness (QED) is 0.672. The van der Waals surface area contributed by atoms with Crippen molar-refractivity contribution >= 4 is 18.2 Å². The molecule has 0 bridgehead atoms. The van der Waals surface area contributed by atoms with E-state index in [9.17, 15) is 14.4 Å². The summed E-state index contributed by atoms with van der Waals surface area (Å²) in [6.07, 6.45) is -1.52. The number of aliphatic carboxylic acids is 1. The van der Waals surface area contributed by atoms with Crippen LogP contribution in [0, 0.1) is 0 Å². The topological polar surface area (TPSA) is 114 Å². The molecule has 118 valence electrons. The number of hydrogen-bond acceptors (Lipinski definition) is 5. The molecule has 0 aromatic rings. The van der Waals surface area contributed by atoms with Gasteiger partial charge in [-0.25, -0.2) is 14.4 Å². The third-order valence-electron chi connectivity index (χ3n) is 2.64. The van der Waals surface area contributed by atoms with Gasteiger partial charge < -0.3 is 25.2 Å². The molecule has 0 aromatic heterocycles. The highest BCUT2D eigenvalue weighted by Crippen LogP contribution is 2.07. The first-order chi connectivity index (χ1) is 8.31. The van der Waals surface area contributed by atoms with Crippen LogP contribution in [0.5, 0.6) is 0 Å². The van der Waals surface area contributed by atoms with E-state index in [4.69, 9.17) is 9.84 Å². The number of carbonyl (C=O) groups is 3. The van der Waals surface area contributed by atoms with Gasteiger partial charge in [-0.1, -0.05) is 14.9 Å². The van der Waals surface area contributed by atoms with Crippen molar-refractivity contribution < 1.29 is 29.0 Å². The van der Waals surface area contributed by atoms with Gasteiger partial charge in [0.25, 0.3) is 0 Å². The normalized spacial score (nSPS) is 30.1. The van der Waals surface area contributed by atoms with Crippen LogP contribution in [0.4, 0.5) is 9.59 Å². The van der Waals surface area contributed by atoms with Gasteiger partial charge in [-0.05, 0) is 20.8 Å². The molecule has 2 saturated heterocycles. The van der Waals surface area contributed by atoms with Crippen molar-refractivity contribution in [2.45, 2.75) is 59.9 Å². The molecule has 0 unspecified atom stereocenters. The Bertz CT molecular complexity index is 348. The van der Waals surface area contributed by atoms with Gasteiger partial charge in [0.1, 0.15) is 12.2 Å². The summed E-state index contributed by atoms with van der Waals surface area (Å²) < 4.78 is 9.23. The number of nitrogens with one attached hydrogen (secondary N) is 2. The zero-order valence-corrected chi connectivity index (χ0v) is 10.3. The predicted octanol–water partition coefficient (Wildman–Crippen LogP) is 1.34. The van der Waals surface area contributed by atoms with Gasteiger partial charge in [0, 0.05) is 0 Å². The summed E-state index contributed by atoms with van der Waals surface area (Å²) in [6.45, 7) is 5.30. The number of amides is 2. The Morgan fingerprint density at radius 3 is 1.60 bits per heavy atom. The van der Waals surface area contributed by atoms with E-state index in [1.165, 1.54) is 6.92 Å². The summed E-state index contributed by atoms with van der Waals surface area (Å²) in [6, 6.07) is -0.727. The SMILES string of the molecule is C.C.C[C@@H]1OC(=O)N[C@@H]1C.C[C@@H]1OC(=O)N[C@@H]1C(=O)O. The maximum Gasteiger partial charge on any atom is 0.408 e. The first-order valence-electron chi connectivity index (χ1n) is 5.48. The van der Waals surface area contributed by atoms with Gasteiger partial charge in [-0.15, -0.1) is 0 Å². The molecule has 2 aliphatic rings. The fourth-order valence-electron chi connectivity index (χ4n) is 1.39. The Hall–Kier alpha value is -1.99. The number of carboxylic acid groups (broad SMARTS) is 1. The molecule has 0 aromatic carbocycles. The molecule has 0 radical (unpaired) electrons. The standard InChI is InChI=1S/C5H7NO4.C5H9NO2.2CH4/c1-2-3(4(7)8)6-5(9)10-2;1-3-4(2)8-5(7)6-3;;/h2-3H,1H3,(H,6,9)(H,7,8);3-4H,1-2H3,(H,6,7);2*1H4/t2-,3-;3-,4+;;/m01../s1. The lowest BCUT2D eigenvalue weighted by molar-refractivity contribution is -0.140. The third kappa shape index (κ3) is 5.33. The molecule has 2 fully saturated rings. The number of cyclic esters (lactones) is 2. The molecular weight excluding hydrogens is 268 g/mol. The first-order valence-corrected chi connectivity index (χ1v) is 5.48. The van der Waals surface area contributed by atoms with Gasteiger partial charge >= 0.3 is 18.2 Å². The highest BCUT2D eigenvalue weighted by molar-refractivity contribution is 5.83. The number of alkyl carbamates (subject to hydrolysis) is 2. The second-order valence-corrected chi connectivity index (χ2v) is 4.11. The molecule has 8 nitrogen and oxygen atoms in total. The number of carboxylic acids is 1. The smallest absolute Gasteiger partial charge is 0.408 e. The molecular formula is C12H24N2O6. The van der Waals surface area contributed by atoms with Crippen LogP contribution >= 0.6 is 0 Å². The van der Waals surface area contributed by atoms with E-state index in [1.807, 2.05) is 13.8 Å². The zero-order valence-electron chi connectivity index (χ0n) is 10.3. The van der Waals surface area contributed by atoms with Gasteiger partial charge in [0.05, 0.1) is 6.04 Å². The summed E-state index contributed by atoms with van der Waals surface area (Å²) in [4.78, 5) is 31.0. The van der Waals surface area contributed by atoms with Crippen molar-refractivity contribution in [3.05, 3.63) is 0 Å². The Labute approximate surface area is 118 Å². The van der Waals surface area contributed by atoms with E-state index < -0.39 is 24.2 Å². The van der Waals surface area contributed by atoms with Crippen LogP contribution in [0.2, 0.25) is 0 Å². The van der Waals surface area contributed by atoms with Crippen LogP contribution in [0.15, 0.2) is 0 Å². The number of ether oxygens (including phenoxy) is 2. The number of rotatable bonds is 1. The van der Waals surface area contributed by atoms with E-state index >= 15 is 0 Å². The lowest BCUT2D eigenvalue weighted by Gasteiger charge is -2.04. The second kappa shape index (κ2) is 8.23. The molecule has 2 heterocycles. The minimum Gasteiger partial charge on any atom is -0.480 e.